The lowest BCUT2D eigenvalue weighted by molar-refractivity contribution is 0.412. The second-order valence-electron chi connectivity index (χ2n) is 3.69. The molecule has 4 nitrogen and oxygen atoms in total. The summed E-state index contributed by atoms with van der Waals surface area (Å²) in [7, 11) is 1.65. The van der Waals surface area contributed by atoms with E-state index in [4.69, 9.17) is 4.74 Å². The summed E-state index contributed by atoms with van der Waals surface area (Å²) in [5.74, 6) is 1.67. The third-order valence-corrected chi connectivity index (χ3v) is 2.66. The van der Waals surface area contributed by atoms with E-state index in [9.17, 15) is 0 Å². The van der Waals surface area contributed by atoms with Crippen molar-refractivity contribution in [1.82, 2.24) is 14.4 Å². The molecule has 0 aliphatic rings. The summed E-state index contributed by atoms with van der Waals surface area (Å²) in [4.78, 5) is 8.51. The molecular weight excluding hydrogens is 214 g/mol. The minimum atomic E-state index is 0.806. The molecule has 3 heterocycles. The van der Waals surface area contributed by atoms with Crippen LogP contribution in [0.1, 0.15) is 0 Å². The average molecular weight is 225 g/mol. The van der Waals surface area contributed by atoms with Gasteiger partial charge in [-0.1, -0.05) is 0 Å². The molecule has 3 rings (SSSR count). The van der Waals surface area contributed by atoms with Crippen molar-refractivity contribution < 1.29 is 4.74 Å². The van der Waals surface area contributed by atoms with Gasteiger partial charge in [-0.25, -0.2) is 4.98 Å². The van der Waals surface area contributed by atoms with E-state index >= 15 is 0 Å². The van der Waals surface area contributed by atoms with Crippen molar-refractivity contribution in [3.05, 3.63) is 49.1 Å². The largest absolute Gasteiger partial charge is 0.495 e. The molecular formula is C13H11N3O. The van der Waals surface area contributed by atoms with E-state index in [-0.39, 0.29) is 0 Å². The number of imidazole rings is 1. The summed E-state index contributed by atoms with van der Waals surface area (Å²) in [5.41, 5.74) is 2.02. The van der Waals surface area contributed by atoms with Gasteiger partial charge in [0.1, 0.15) is 11.6 Å². The van der Waals surface area contributed by atoms with E-state index in [1.165, 1.54) is 0 Å². The minimum Gasteiger partial charge on any atom is -0.495 e. The number of fused-ring (bicyclic) bond motifs is 1. The van der Waals surface area contributed by atoms with Crippen molar-refractivity contribution >= 4 is 5.52 Å². The highest BCUT2D eigenvalue weighted by Crippen LogP contribution is 2.21. The van der Waals surface area contributed by atoms with Gasteiger partial charge in [-0.3, -0.25) is 9.38 Å². The van der Waals surface area contributed by atoms with Crippen molar-refractivity contribution in [3.63, 3.8) is 0 Å². The summed E-state index contributed by atoms with van der Waals surface area (Å²) in [6, 6.07) is 7.79. The fourth-order valence-electron chi connectivity index (χ4n) is 1.80. The number of hydrogen-bond donors (Lipinski definition) is 0. The maximum Gasteiger partial charge on any atom is 0.146 e. The first kappa shape index (κ1) is 9.84. The van der Waals surface area contributed by atoms with Crippen LogP contribution in [-0.4, -0.2) is 21.5 Å². The molecule has 0 spiro atoms. The SMILES string of the molecule is COc1ccc2cnc(-c3cccnc3)n2c1. The van der Waals surface area contributed by atoms with E-state index in [0.29, 0.717) is 0 Å². The van der Waals surface area contributed by atoms with Crippen LogP contribution in [0.2, 0.25) is 0 Å². The minimum absolute atomic E-state index is 0.806. The first-order valence-corrected chi connectivity index (χ1v) is 5.30. The molecule has 3 aromatic rings. The number of ether oxygens (including phenoxy) is 1. The summed E-state index contributed by atoms with van der Waals surface area (Å²) in [6.45, 7) is 0. The van der Waals surface area contributed by atoms with E-state index < -0.39 is 0 Å². The van der Waals surface area contributed by atoms with Crippen molar-refractivity contribution in [2.75, 3.05) is 7.11 Å². The molecule has 17 heavy (non-hydrogen) atoms. The fraction of sp³-hybridized carbons (Fsp3) is 0.0769. The number of rotatable bonds is 2. The number of hydrogen-bond acceptors (Lipinski definition) is 3. The van der Waals surface area contributed by atoms with Crippen molar-refractivity contribution in [3.8, 4) is 17.1 Å². The quantitative estimate of drug-likeness (QED) is 0.672. The van der Waals surface area contributed by atoms with Gasteiger partial charge in [-0.15, -0.1) is 0 Å². The molecule has 0 saturated carbocycles. The lowest BCUT2D eigenvalue weighted by Crippen LogP contribution is -1.91. The molecule has 0 aliphatic heterocycles. The molecule has 84 valence electrons. The zero-order valence-corrected chi connectivity index (χ0v) is 9.37. The van der Waals surface area contributed by atoms with Crippen LogP contribution in [0.25, 0.3) is 16.9 Å². The van der Waals surface area contributed by atoms with Gasteiger partial charge in [-0.05, 0) is 24.3 Å². The summed E-state index contributed by atoms with van der Waals surface area (Å²) < 4.78 is 7.21. The van der Waals surface area contributed by atoms with Gasteiger partial charge < -0.3 is 4.74 Å². The predicted octanol–water partition coefficient (Wildman–Crippen LogP) is 2.40. The monoisotopic (exact) mass is 225 g/mol. The zero-order chi connectivity index (χ0) is 11.7. The molecule has 0 atom stereocenters. The van der Waals surface area contributed by atoms with Gasteiger partial charge >= 0.3 is 0 Å². The Labute approximate surface area is 98.5 Å². The van der Waals surface area contributed by atoms with Gasteiger partial charge in [0.05, 0.1) is 25.0 Å². The third-order valence-electron chi connectivity index (χ3n) is 2.66. The second kappa shape index (κ2) is 3.90. The highest BCUT2D eigenvalue weighted by atomic mass is 16.5. The van der Waals surface area contributed by atoms with Crippen molar-refractivity contribution in [2.45, 2.75) is 0 Å². The first-order chi connectivity index (χ1) is 8.38. The van der Waals surface area contributed by atoms with E-state index in [1.807, 2.05) is 41.1 Å². The lowest BCUT2D eigenvalue weighted by atomic mass is 10.3. The average Bonchev–Trinajstić information content (AvgIpc) is 2.82. The van der Waals surface area contributed by atoms with Gasteiger partial charge in [0, 0.05) is 18.0 Å². The van der Waals surface area contributed by atoms with Crippen molar-refractivity contribution in [1.29, 1.82) is 0 Å². The molecule has 3 aromatic heterocycles. The number of nitrogens with zero attached hydrogens (tertiary/aromatic N) is 3. The van der Waals surface area contributed by atoms with Gasteiger partial charge in [0.2, 0.25) is 0 Å². The molecule has 0 saturated heterocycles. The van der Waals surface area contributed by atoms with Crippen LogP contribution in [-0.2, 0) is 0 Å². The van der Waals surface area contributed by atoms with Gasteiger partial charge in [-0.2, -0.15) is 0 Å². The fourth-order valence-corrected chi connectivity index (χ4v) is 1.80. The van der Waals surface area contributed by atoms with Crippen LogP contribution in [0.3, 0.4) is 0 Å². The number of pyridine rings is 2. The van der Waals surface area contributed by atoms with Crippen LogP contribution in [0, 0.1) is 0 Å². The summed E-state index contributed by atoms with van der Waals surface area (Å²) >= 11 is 0. The molecule has 0 aromatic carbocycles. The zero-order valence-electron chi connectivity index (χ0n) is 9.37. The Kier molecular flexibility index (Phi) is 2.26. The van der Waals surface area contributed by atoms with E-state index in [1.54, 1.807) is 19.5 Å². The molecule has 0 radical (unpaired) electrons. The van der Waals surface area contributed by atoms with Gasteiger partial charge in [0.25, 0.3) is 0 Å². The van der Waals surface area contributed by atoms with Crippen LogP contribution in [0.15, 0.2) is 49.1 Å². The highest BCUT2D eigenvalue weighted by Gasteiger charge is 2.06. The summed E-state index contributed by atoms with van der Waals surface area (Å²) in [5, 5.41) is 0. The highest BCUT2D eigenvalue weighted by molar-refractivity contribution is 5.62. The molecule has 0 aliphatic carbocycles. The first-order valence-electron chi connectivity index (χ1n) is 5.30. The maximum absolute atomic E-state index is 5.22. The molecule has 0 bridgehead atoms. The normalized spacial score (nSPS) is 10.6. The Morgan fingerprint density at radius 2 is 2.12 bits per heavy atom. The van der Waals surface area contributed by atoms with E-state index in [0.717, 1.165) is 22.7 Å². The van der Waals surface area contributed by atoms with Crippen LogP contribution >= 0.6 is 0 Å². The lowest BCUT2D eigenvalue weighted by Gasteiger charge is -2.03. The topological polar surface area (TPSA) is 39.4 Å². The molecule has 0 unspecified atom stereocenters. The summed E-state index contributed by atoms with van der Waals surface area (Å²) in [6.07, 6.45) is 7.31. The van der Waals surface area contributed by atoms with Crippen LogP contribution in [0.4, 0.5) is 0 Å². The molecule has 4 heteroatoms. The maximum atomic E-state index is 5.22. The number of methoxy groups -OCH3 is 1. The Bertz CT molecular complexity index is 646. The van der Waals surface area contributed by atoms with Crippen LogP contribution in [0.5, 0.6) is 5.75 Å². The Morgan fingerprint density at radius 1 is 1.18 bits per heavy atom. The number of aromatic nitrogens is 3. The predicted molar refractivity (Wildman–Crippen MR) is 65.0 cm³/mol. The smallest absolute Gasteiger partial charge is 0.146 e. The molecule has 0 fully saturated rings. The van der Waals surface area contributed by atoms with Crippen molar-refractivity contribution in [2.24, 2.45) is 0 Å². The Morgan fingerprint density at radius 3 is 2.88 bits per heavy atom. The van der Waals surface area contributed by atoms with Crippen LogP contribution < -0.4 is 4.74 Å². The molecule has 0 amide bonds. The Hall–Kier alpha value is -2.36. The van der Waals surface area contributed by atoms with E-state index in [2.05, 4.69) is 9.97 Å². The standard InChI is InChI=1S/C13H11N3O/c1-17-12-5-4-11-8-15-13(16(11)9-12)10-3-2-6-14-7-10/h2-9H,1H3. The Balaban J connectivity index is 2.23. The third kappa shape index (κ3) is 1.63. The second-order valence-corrected chi connectivity index (χ2v) is 3.69. The van der Waals surface area contributed by atoms with Gasteiger partial charge in [0.15, 0.2) is 0 Å². The molecule has 0 N–H and O–H groups in total.